The lowest BCUT2D eigenvalue weighted by atomic mass is 10.6. The molecule has 6 heteroatoms. The van der Waals surface area contributed by atoms with E-state index in [1.165, 1.54) is 13.4 Å². The molecular formula is C10H21O5P. The third-order valence-electron chi connectivity index (χ3n) is 1.63. The van der Waals surface area contributed by atoms with Crippen LogP contribution in [0.15, 0.2) is 11.6 Å². The topological polar surface area (TPSA) is 54.0 Å². The Bertz CT molecular complexity index is 242. The molecule has 0 aliphatic carbocycles. The molecule has 0 N–H and O–H groups in total. The first-order valence-corrected chi connectivity index (χ1v) is 6.88. The standard InChI is InChI=1S/C10H21O5P/c1-5-13-9-10(8-12-4)16(11,14-6-2)15-7-3/h9H,5-8H2,1-4H3/b10-9+. The summed E-state index contributed by atoms with van der Waals surface area (Å²) in [5, 5.41) is 0.403. The fourth-order valence-electron chi connectivity index (χ4n) is 1.05. The Labute approximate surface area is 97.3 Å². The normalized spacial score (nSPS) is 12.9. The van der Waals surface area contributed by atoms with E-state index in [0.717, 1.165) is 0 Å². The molecule has 0 aromatic heterocycles. The van der Waals surface area contributed by atoms with Gasteiger partial charge in [0.05, 0.1) is 32.7 Å². The second-order valence-corrected chi connectivity index (χ2v) is 4.92. The van der Waals surface area contributed by atoms with Crippen LogP contribution in [0.2, 0.25) is 0 Å². The third-order valence-corrected chi connectivity index (χ3v) is 3.76. The summed E-state index contributed by atoms with van der Waals surface area (Å²) in [5.74, 6) is 0. The van der Waals surface area contributed by atoms with Crippen molar-refractivity contribution >= 4 is 7.60 Å². The zero-order chi connectivity index (χ0) is 12.4. The minimum atomic E-state index is -3.26. The molecule has 0 radical (unpaired) electrons. The monoisotopic (exact) mass is 252 g/mol. The smallest absolute Gasteiger partial charge is 0.362 e. The van der Waals surface area contributed by atoms with E-state index in [9.17, 15) is 4.57 Å². The van der Waals surface area contributed by atoms with E-state index in [1.807, 2.05) is 6.92 Å². The molecule has 0 fully saturated rings. The average Bonchev–Trinajstić information content (AvgIpc) is 2.24. The second-order valence-electron chi connectivity index (χ2n) is 2.83. The molecule has 0 spiro atoms. The highest BCUT2D eigenvalue weighted by molar-refractivity contribution is 7.58. The van der Waals surface area contributed by atoms with Crippen molar-refractivity contribution < 1.29 is 23.1 Å². The molecule has 96 valence electrons. The molecule has 0 bridgehead atoms. The van der Waals surface area contributed by atoms with Crippen LogP contribution in [-0.2, 0) is 23.1 Å². The van der Waals surface area contributed by atoms with E-state index in [-0.39, 0.29) is 6.61 Å². The first-order valence-electron chi connectivity index (χ1n) is 5.33. The van der Waals surface area contributed by atoms with E-state index in [0.29, 0.717) is 25.1 Å². The molecule has 5 nitrogen and oxygen atoms in total. The van der Waals surface area contributed by atoms with Crippen molar-refractivity contribution in [1.29, 1.82) is 0 Å². The quantitative estimate of drug-likeness (QED) is 0.466. The predicted molar refractivity (Wildman–Crippen MR) is 62.4 cm³/mol. The molecule has 0 aromatic rings. The Balaban J connectivity index is 4.85. The molecule has 0 atom stereocenters. The first kappa shape index (κ1) is 15.7. The highest BCUT2D eigenvalue weighted by Crippen LogP contribution is 2.55. The molecule has 0 unspecified atom stereocenters. The van der Waals surface area contributed by atoms with E-state index in [1.54, 1.807) is 13.8 Å². The van der Waals surface area contributed by atoms with Gasteiger partial charge < -0.3 is 18.5 Å². The van der Waals surface area contributed by atoms with Gasteiger partial charge >= 0.3 is 7.60 Å². The zero-order valence-electron chi connectivity index (χ0n) is 10.4. The minimum Gasteiger partial charge on any atom is -0.501 e. The van der Waals surface area contributed by atoms with Crippen LogP contribution in [-0.4, -0.2) is 33.5 Å². The molecule has 0 aromatic carbocycles. The first-order chi connectivity index (χ1) is 7.64. The van der Waals surface area contributed by atoms with Gasteiger partial charge in [0.15, 0.2) is 0 Å². The predicted octanol–water partition coefficient (Wildman–Crippen LogP) is 2.78. The molecule has 0 saturated carbocycles. The van der Waals surface area contributed by atoms with Gasteiger partial charge in [-0.1, -0.05) is 0 Å². The van der Waals surface area contributed by atoms with Crippen molar-refractivity contribution in [3.05, 3.63) is 11.6 Å². The van der Waals surface area contributed by atoms with E-state index in [2.05, 4.69) is 0 Å². The van der Waals surface area contributed by atoms with Crippen LogP contribution < -0.4 is 0 Å². The maximum atomic E-state index is 12.3. The number of rotatable bonds is 9. The van der Waals surface area contributed by atoms with Gasteiger partial charge in [-0.05, 0) is 20.8 Å². The summed E-state index contributed by atoms with van der Waals surface area (Å²) in [7, 11) is -1.75. The Morgan fingerprint density at radius 3 is 2.06 bits per heavy atom. The maximum absolute atomic E-state index is 12.3. The number of methoxy groups -OCH3 is 1. The van der Waals surface area contributed by atoms with Crippen molar-refractivity contribution in [1.82, 2.24) is 0 Å². The molecule has 0 amide bonds. The lowest BCUT2D eigenvalue weighted by Crippen LogP contribution is -2.04. The van der Waals surface area contributed by atoms with Gasteiger partial charge in [0.25, 0.3) is 0 Å². The average molecular weight is 252 g/mol. The Hall–Kier alpha value is -0.350. The van der Waals surface area contributed by atoms with Gasteiger partial charge in [-0.25, -0.2) is 0 Å². The Morgan fingerprint density at radius 2 is 1.69 bits per heavy atom. The molecule has 0 saturated heterocycles. The number of ether oxygens (including phenoxy) is 2. The molecule has 0 rings (SSSR count). The van der Waals surface area contributed by atoms with Crippen LogP contribution in [0, 0.1) is 0 Å². The van der Waals surface area contributed by atoms with E-state index >= 15 is 0 Å². The van der Waals surface area contributed by atoms with Crippen molar-refractivity contribution in [2.24, 2.45) is 0 Å². The molecule has 0 aliphatic heterocycles. The second kappa shape index (κ2) is 8.76. The van der Waals surface area contributed by atoms with Crippen LogP contribution >= 0.6 is 7.60 Å². The highest BCUT2D eigenvalue weighted by atomic mass is 31.2. The zero-order valence-corrected chi connectivity index (χ0v) is 11.3. The molecule has 0 aliphatic rings. The third kappa shape index (κ3) is 5.12. The van der Waals surface area contributed by atoms with Crippen molar-refractivity contribution in [2.45, 2.75) is 20.8 Å². The molecular weight excluding hydrogens is 231 g/mol. The summed E-state index contributed by atoms with van der Waals surface area (Å²) in [6.45, 7) is 6.64. The van der Waals surface area contributed by atoms with E-state index < -0.39 is 7.60 Å². The maximum Gasteiger partial charge on any atom is 0.362 e. The summed E-state index contributed by atoms with van der Waals surface area (Å²) in [5.41, 5.74) is 0. The van der Waals surface area contributed by atoms with Crippen molar-refractivity contribution in [3.8, 4) is 0 Å². The van der Waals surface area contributed by atoms with Gasteiger partial charge in [-0.15, -0.1) is 0 Å². The lowest BCUT2D eigenvalue weighted by molar-refractivity contribution is 0.194. The summed E-state index contributed by atoms with van der Waals surface area (Å²) in [6, 6.07) is 0. The summed E-state index contributed by atoms with van der Waals surface area (Å²) < 4.78 is 32.8. The molecule has 16 heavy (non-hydrogen) atoms. The fraction of sp³-hybridized carbons (Fsp3) is 0.800. The minimum absolute atomic E-state index is 0.164. The van der Waals surface area contributed by atoms with Crippen molar-refractivity contribution in [2.75, 3.05) is 33.5 Å². The summed E-state index contributed by atoms with van der Waals surface area (Å²) >= 11 is 0. The lowest BCUT2D eigenvalue weighted by Gasteiger charge is -2.19. The Kier molecular flexibility index (Phi) is 8.57. The van der Waals surface area contributed by atoms with Crippen LogP contribution in [0.3, 0.4) is 0 Å². The van der Waals surface area contributed by atoms with Crippen LogP contribution in [0.25, 0.3) is 0 Å². The SMILES string of the molecule is CCO/C=C(\COC)P(=O)(OCC)OCC. The summed E-state index contributed by atoms with van der Waals surface area (Å²) in [6.07, 6.45) is 1.40. The van der Waals surface area contributed by atoms with E-state index in [4.69, 9.17) is 18.5 Å². The van der Waals surface area contributed by atoms with Gasteiger partial charge in [0.1, 0.15) is 5.31 Å². The largest absolute Gasteiger partial charge is 0.501 e. The number of hydrogen-bond donors (Lipinski definition) is 0. The van der Waals surface area contributed by atoms with Gasteiger partial charge in [0.2, 0.25) is 0 Å². The fourth-order valence-corrected chi connectivity index (χ4v) is 2.62. The highest BCUT2D eigenvalue weighted by Gasteiger charge is 2.30. The summed E-state index contributed by atoms with van der Waals surface area (Å²) in [4.78, 5) is 0. The van der Waals surface area contributed by atoms with Gasteiger partial charge in [-0.3, -0.25) is 4.57 Å². The Morgan fingerprint density at radius 1 is 1.12 bits per heavy atom. The van der Waals surface area contributed by atoms with Crippen LogP contribution in [0.4, 0.5) is 0 Å². The number of hydrogen-bond acceptors (Lipinski definition) is 5. The van der Waals surface area contributed by atoms with Crippen molar-refractivity contribution in [3.63, 3.8) is 0 Å². The van der Waals surface area contributed by atoms with Gasteiger partial charge in [-0.2, -0.15) is 0 Å². The molecule has 0 heterocycles. The van der Waals surface area contributed by atoms with Crippen LogP contribution in [0.5, 0.6) is 0 Å². The van der Waals surface area contributed by atoms with Crippen LogP contribution in [0.1, 0.15) is 20.8 Å². The van der Waals surface area contributed by atoms with Gasteiger partial charge in [0, 0.05) is 7.11 Å².